The van der Waals surface area contributed by atoms with Crippen LogP contribution in [0, 0.1) is 0 Å². The summed E-state index contributed by atoms with van der Waals surface area (Å²) in [5, 5.41) is 11.5. The lowest BCUT2D eigenvalue weighted by Gasteiger charge is -2.39. The first-order chi connectivity index (χ1) is 10.6. The minimum absolute atomic E-state index is 0. The minimum atomic E-state index is 0. The molecule has 0 aromatic carbocycles. The highest BCUT2D eigenvalue weighted by atomic mass is 127. The summed E-state index contributed by atoms with van der Waals surface area (Å²) in [7, 11) is 0. The molecule has 0 saturated carbocycles. The van der Waals surface area contributed by atoms with Crippen LogP contribution in [0.5, 0.6) is 0 Å². The van der Waals surface area contributed by atoms with E-state index in [2.05, 4.69) is 52.7 Å². The van der Waals surface area contributed by atoms with Gasteiger partial charge in [0.15, 0.2) is 5.96 Å². The van der Waals surface area contributed by atoms with E-state index >= 15 is 0 Å². The van der Waals surface area contributed by atoms with E-state index in [0.29, 0.717) is 0 Å². The zero-order chi connectivity index (χ0) is 16.0. The van der Waals surface area contributed by atoms with Gasteiger partial charge in [0.2, 0.25) is 0 Å². The van der Waals surface area contributed by atoms with E-state index in [9.17, 15) is 0 Å². The zero-order valence-corrected chi connectivity index (χ0v) is 17.7. The summed E-state index contributed by atoms with van der Waals surface area (Å²) < 4.78 is 2.38. The molecule has 0 bridgehead atoms. The predicted molar refractivity (Wildman–Crippen MR) is 109 cm³/mol. The number of hydrogen-bond acceptors (Lipinski definition) is 4. The quantitative estimate of drug-likeness (QED) is 0.422. The van der Waals surface area contributed by atoms with Crippen LogP contribution < -0.4 is 5.32 Å². The summed E-state index contributed by atoms with van der Waals surface area (Å²) in [6.07, 6.45) is 2.70. The zero-order valence-electron chi connectivity index (χ0n) is 14.6. The summed E-state index contributed by atoms with van der Waals surface area (Å²) in [4.78, 5) is 7.18. The molecule has 1 saturated heterocycles. The Morgan fingerprint density at radius 3 is 2.87 bits per heavy atom. The van der Waals surface area contributed by atoms with Crippen LogP contribution in [0.4, 0.5) is 0 Å². The Balaban J connectivity index is 0.00000264. The monoisotopic (exact) mass is 452 g/mol. The van der Waals surface area contributed by atoms with Crippen molar-refractivity contribution >= 4 is 41.7 Å². The summed E-state index contributed by atoms with van der Waals surface area (Å²) in [6, 6.07) is 0. The van der Waals surface area contributed by atoms with Crippen molar-refractivity contribution in [2.75, 3.05) is 31.9 Å². The van der Waals surface area contributed by atoms with Gasteiger partial charge in [-0.1, -0.05) is 6.92 Å². The Labute approximate surface area is 160 Å². The van der Waals surface area contributed by atoms with E-state index < -0.39 is 0 Å². The number of hydrogen-bond donors (Lipinski definition) is 1. The number of halogens is 1. The van der Waals surface area contributed by atoms with Crippen molar-refractivity contribution < 1.29 is 0 Å². The number of aliphatic imine (C=N–C) groups is 1. The van der Waals surface area contributed by atoms with Gasteiger partial charge in [-0.2, -0.15) is 11.8 Å². The van der Waals surface area contributed by atoms with Crippen LogP contribution in [0.1, 0.15) is 33.5 Å². The van der Waals surface area contributed by atoms with Gasteiger partial charge in [-0.25, -0.2) is 0 Å². The number of nitrogens with zero attached hydrogens (tertiary/aromatic N) is 5. The Morgan fingerprint density at radius 1 is 1.43 bits per heavy atom. The van der Waals surface area contributed by atoms with Crippen molar-refractivity contribution in [1.82, 2.24) is 25.0 Å². The molecular weight excluding hydrogens is 423 g/mol. The van der Waals surface area contributed by atoms with Crippen LogP contribution in [0.15, 0.2) is 11.3 Å². The maximum Gasteiger partial charge on any atom is 0.194 e. The Hall–Kier alpha value is -0.510. The standard InChI is InChI=1S/C15H28N6S.HI/c1-5-13-19-18-12-21(13)8-7-17-14(16-6-2)20-9-10-22-15(3,4)11-20;/h12H,5-11H2,1-4H3,(H,16,17);1H. The second-order valence-corrected chi connectivity index (χ2v) is 7.86. The van der Waals surface area contributed by atoms with Crippen molar-refractivity contribution in [3.8, 4) is 0 Å². The van der Waals surface area contributed by atoms with Gasteiger partial charge < -0.3 is 14.8 Å². The average Bonchev–Trinajstić information content (AvgIpc) is 2.93. The van der Waals surface area contributed by atoms with Crippen LogP contribution in [-0.2, 0) is 13.0 Å². The van der Waals surface area contributed by atoms with Crippen molar-refractivity contribution in [3.05, 3.63) is 12.2 Å². The molecule has 0 atom stereocenters. The first-order valence-corrected chi connectivity index (χ1v) is 9.08. The average molecular weight is 452 g/mol. The van der Waals surface area contributed by atoms with E-state index in [1.54, 1.807) is 6.33 Å². The number of aromatic nitrogens is 3. The van der Waals surface area contributed by atoms with Crippen LogP contribution in [0.3, 0.4) is 0 Å². The summed E-state index contributed by atoms with van der Waals surface area (Å²) in [5.74, 6) is 3.21. The number of aryl methyl sites for hydroxylation is 1. The van der Waals surface area contributed by atoms with Crippen molar-refractivity contribution in [1.29, 1.82) is 0 Å². The molecule has 0 amide bonds. The Kier molecular flexibility index (Phi) is 8.66. The molecule has 2 heterocycles. The van der Waals surface area contributed by atoms with Gasteiger partial charge >= 0.3 is 0 Å². The molecule has 0 aliphatic carbocycles. The molecule has 1 aromatic rings. The third kappa shape index (κ3) is 6.13. The summed E-state index contributed by atoms with van der Waals surface area (Å²) in [6.45, 7) is 13.4. The molecule has 0 unspecified atom stereocenters. The maximum atomic E-state index is 4.80. The molecule has 2 rings (SSSR count). The molecule has 1 aromatic heterocycles. The van der Waals surface area contributed by atoms with E-state index in [-0.39, 0.29) is 28.7 Å². The number of rotatable bonds is 5. The highest BCUT2D eigenvalue weighted by molar-refractivity contribution is 14.0. The molecule has 8 heteroatoms. The van der Waals surface area contributed by atoms with Crippen molar-refractivity contribution in [2.24, 2.45) is 4.99 Å². The van der Waals surface area contributed by atoms with Gasteiger partial charge in [0.05, 0.1) is 6.54 Å². The maximum absolute atomic E-state index is 4.80. The van der Waals surface area contributed by atoms with Crippen LogP contribution in [0.2, 0.25) is 0 Å². The van der Waals surface area contributed by atoms with E-state index in [0.717, 1.165) is 56.7 Å². The Morgan fingerprint density at radius 2 is 2.22 bits per heavy atom. The molecule has 6 nitrogen and oxygen atoms in total. The van der Waals surface area contributed by atoms with Crippen LogP contribution in [0.25, 0.3) is 0 Å². The first-order valence-electron chi connectivity index (χ1n) is 8.09. The highest BCUT2D eigenvalue weighted by Crippen LogP contribution is 2.29. The van der Waals surface area contributed by atoms with Crippen molar-refractivity contribution in [2.45, 2.75) is 45.4 Å². The SMILES string of the molecule is CCNC(=NCCn1cnnc1CC)N1CCSC(C)(C)C1.I. The lowest BCUT2D eigenvalue weighted by atomic mass is 10.2. The largest absolute Gasteiger partial charge is 0.357 e. The molecule has 0 radical (unpaired) electrons. The highest BCUT2D eigenvalue weighted by Gasteiger charge is 2.28. The van der Waals surface area contributed by atoms with Crippen LogP contribution in [-0.4, -0.2) is 62.3 Å². The molecular formula is C15H29IN6S. The molecule has 132 valence electrons. The fourth-order valence-electron chi connectivity index (χ4n) is 2.63. The summed E-state index contributed by atoms with van der Waals surface area (Å²) in [5.41, 5.74) is 0. The predicted octanol–water partition coefficient (Wildman–Crippen LogP) is 2.25. The number of guanidine groups is 1. The smallest absolute Gasteiger partial charge is 0.194 e. The first kappa shape index (κ1) is 20.5. The molecule has 1 aliphatic rings. The fraction of sp³-hybridized carbons (Fsp3) is 0.800. The van der Waals surface area contributed by atoms with Gasteiger partial charge in [0, 0.05) is 43.1 Å². The molecule has 1 fully saturated rings. The van der Waals surface area contributed by atoms with Crippen LogP contribution >= 0.6 is 35.7 Å². The van der Waals surface area contributed by atoms with E-state index in [1.807, 2.05) is 11.8 Å². The third-order valence-corrected chi connectivity index (χ3v) is 4.97. The number of nitrogens with one attached hydrogen (secondary N) is 1. The summed E-state index contributed by atoms with van der Waals surface area (Å²) >= 11 is 2.04. The Bertz CT molecular complexity index is 502. The topological polar surface area (TPSA) is 58.3 Å². The lowest BCUT2D eigenvalue weighted by molar-refractivity contribution is 0.375. The third-order valence-electron chi connectivity index (χ3n) is 3.67. The van der Waals surface area contributed by atoms with Gasteiger partial charge in [-0.15, -0.1) is 34.2 Å². The minimum Gasteiger partial charge on any atom is -0.357 e. The second-order valence-electron chi connectivity index (χ2n) is 6.06. The van der Waals surface area contributed by atoms with E-state index in [1.165, 1.54) is 0 Å². The molecule has 1 N–H and O–H groups in total. The van der Waals surface area contributed by atoms with Gasteiger partial charge in [-0.05, 0) is 20.8 Å². The normalized spacial score (nSPS) is 17.7. The molecule has 0 spiro atoms. The molecule has 23 heavy (non-hydrogen) atoms. The van der Waals surface area contributed by atoms with Gasteiger partial charge in [-0.3, -0.25) is 4.99 Å². The van der Waals surface area contributed by atoms with Gasteiger partial charge in [0.25, 0.3) is 0 Å². The molecule has 1 aliphatic heterocycles. The number of thioether (sulfide) groups is 1. The van der Waals surface area contributed by atoms with Gasteiger partial charge in [0.1, 0.15) is 12.2 Å². The lowest BCUT2D eigenvalue weighted by Crippen LogP contribution is -2.51. The van der Waals surface area contributed by atoms with E-state index in [4.69, 9.17) is 4.99 Å². The second kappa shape index (κ2) is 9.71. The van der Waals surface area contributed by atoms with Crippen molar-refractivity contribution in [3.63, 3.8) is 0 Å². The fourth-order valence-corrected chi connectivity index (χ4v) is 3.74.